The zero-order valence-electron chi connectivity index (χ0n) is 12.3. The largest absolute Gasteiger partial charge is 0.503 e. The Hall–Kier alpha value is -2.68. The summed E-state index contributed by atoms with van der Waals surface area (Å²) in [7, 11) is 2.21. The number of methoxy groups -OCH3 is 2. The summed E-state index contributed by atoms with van der Waals surface area (Å²) in [6, 6.07) is 1.59. The zero-order chi connectivity index (χ0) is 17.1. The van der Waals surface area contributed by atoms with Crippen molar-refractivity contribution in [3.8, 4) is 5.75 Å². The van der Waals surface area contributed by atoms with Crippen molar-refractivity contribution in [3.63, 3.8) is 0 Å². The van der Waals surface area contributed by atoms with Gasteiger partial charge in [0.1, 0.15) is 12.4 Å². The maximum atomic E-state index is 13.5. The van der Waals surface area contributed by atoms with Gasteiger partial charge in [0.2, 0.25) is 0 Å². The third-order valence-electron chi connectivity index (χ3n) is 3.15. The van der Waals surface area contributed by atoms with Gasteiger partial charge in [-0.2, -0.15) is 0 Å². The number of rotatable bonds is 3. The topological polar surface area (TPSA) is 85.3 Å². The van der Waals surface area contributed by atoms with Gasteiger partial charge in [-0.15, -0.1) is 0 Å². The Kier molecular flexibility index (Phi) is 4.80. The summed E-state index contributed by atoms with van der Waals surface area (Å²) < 4.78 is 41.4. The van der Waals surface area contributed by atoms with Crippen LogP contribution in [0.3, 0.4) is 0 Å². The molecule has 0 radical (unpaired) electrons. The SMILES string of the molecule is COC(=O)C1=C(C(=O)OC)N(c2cc(F)c(O)c(F)c2)COC1. The molecule has 0 spiro atoms. The quantitative estimate of drug-likeness (QED) is 0.830. The van der Waals surface area contributed by atoms with Crippen molar-refractivity contribution >= 4 is 17.6 Å². The molecular weight excluding hydrogens is 316 g/mol. The molecule has 1 aliphatic rings. The zero-order valence-corrected chi connectivity index (χ0v) is 12.3. The molecule has 1 aromatic carbocycles. The predicted molar refractivity (Wildman–Crippen MR) is 72.4 cm³/mol. The van der Waals surface area contributed by atoms with E-state index in [9.17, 15) is 18.4 Å². The number of aromatic hydroxyl groups is 1. The number of hydrogen-bond acceptors (Lipinski definition) is 7. The highest BCUT2D eigenvalue weighted by Crippen LogP contribution is 2.31. The normalized spacial score (nSPS) is 14.7. The van der Waals surface area contributed by atoms with Crippen molar-refractivity contribution in [1.29, 1.82) is 0 Å². The Morgan fingerprint density at radius 1 is 1.17 bits per heavy atom. The number of phenolic OH excluding ortho intramolecular Hbond substituents is 1. The van der Waals surface area contributed by atoms with Gasteiger partial charge in [0.25, 0.3) is 0 Å². The monoisotopic (exact) mass is 329 g/mol. The van der Waals surface area contributed by atoms with E-state index in [1.807, 2.05) is 0 Å². The van der Waals surface area contributed by atoms with Gasteiger partial charge in [-0.05, 0) is 0 Å². The molecule has 0 bridgehead atoms. The van der Waals surface area contributed by atoms with Crippen LogP contribution >= 0.6 is 0 Å². The number of phenols is 1. The molecule has 0 atom stereocenters. The number of carbonyl (C=O) groups excluding carboxylic acids is 2. The molecule has 0 fully saturated rings. The molecule has 1 aliphatic heterocycles. The van der Waals surface area contributed by atoms with Crippen LogP contribution in [0.5, 0.6) is 5.75 Å². The Bertz CT molecular complexity index is 665. The van der Waals surface area contributed by atoms with Crippen LogP contribution in [0.4, 0.5) is 14.5 Å². The van der Waals surface area contributed by atoms with Crippen molar-refractivity contribution in [2.24, 2.45) is 0 Å². The summed E-state index contributed by atoms with van der Waals surface area (Å²) in [5.74, 6) is -5.34. The molecule has 124 valence electrons. The van der Waals surface area contributed by atoms with Gasteiger partial charge in [0.15, 0.2) is 17.4 Å². The molecule has 1 aromatic rings. The van der Waals surface area contributed by atoms with Crippen molar-refractivity contribution in [1.82, 2.24) is 0 Å². The fraction of sp³-hybridized carbons (Fsp3) is 0.286. The first kappa shape index (κ1) is 16.7. The van der Waals surface area contributed by atoms with Crippen LogP contribution < -0.4 is 4.90 Å². The van der Waals surface area contributed by atoms with Crippen LogP contribution in [0, 0.1) is 11.6 Å². The van der Waals surface area contributed by atoms with Gasteiger partial charge in [0, 0.05) is 17.8 Å². The van der Waals surface area contributed by atoms with Crippen LogP contribution in [0.25, 0.3) is 0 Å². The van der Waals surface area contributed by atoms with Gasteiger partial charge >= 0.3 is 11.9 Å². The molecule has 0 saturated heterocycles. The van der Waals surface area contributed by atoms with Crippen molar-refractivity contribution < 1.29 is 37.7 Å². The number of benzene rings is 1. The van der Waals surface area contributed by atoms with Crippen molar-refractivity contribution in [2.75, 3.05) is 32.5 Å². The first-order valence-corrected chi connectivity index (χ1v) is 6.33. The molecule has 9 heteroatoms. The molecule has 0 amide bonds. The van der Waals surface area contributed by atoms with Crippen molar-refractivity contribution in [2.45, 2.75) is 0 Å². The van der Waals surface area contributed by atoms with Gasteiger partial charge in [0.05, 0.1) is 26.4 Å². The smallest absolute Gasteiger partial charge is 0.355 e. The number of ether oxygens (including phenoxy) is 3. The van der Waals surface area contributed by atoms with Gasteiger partial charge in [-0.25, -0.2) is 18.4 Å². The fourth-order valence-corrected chi connectivity index (χ4v) is 2.06. The highest BCUT2D eigenvalue weighted by Gasteiger charge is 2.33. The number of esters is 2. The first-order valence-electron chi connectivity index (χ1n) is 6.33. The first-order chi connectivity index (χ1) is 10.9. The fourth-order valence-electron chi connectivity index (χ4n) is 2.06. The van der Waals surface area contributed by atoms with Crippen LogP contribution in [0.15, 0.2) is 23.4 Å². The number of nitrogens with zero attached hydrogens (tertiary/aromatic N) is 1. The minimum absolute atomic E-state index is 0.140. The highest BCUT2D eigenvalue weighted by molar-refractivity contribution is 6.03. The number of carbonyl (C=O) groups is 2. The summed E-state index contributed by atoms with van der Waals surface area (Å²) >= 11 is 0. The third kappa shape index (κ3) is 3.09. The number of anilines is 1. The predicted octanol–water partition coefficient (Wildman–Crippen LogP) is 1.06. The molecule has 0 aliphatic carbocycles. The lowest BCUT2D eigenvalue weighted by atomic mass is 10.1. The highest BCUT2D eigenvalue weighted by atomic mass is 19.1. The Balaban J connectivity index is 2.59. The second-order valence-corrected chi connectivity index (χ2v) is 4.47. The van der Waals surface area contributed by atoms with Gasteiger partial charge < -0.3 is 24.2 Å². The van der Waals surface area contributed by atoms with E-state index in [1.165, 1.54) is 0 Å². The average molecular weight is 329 g/mol. The van der Waals surface area contributed by atoms with Crippen LogP contribution in [0.1, 0.15) is 0 Å². The summed E-state index contributed by atoms with van der Waals surface area (Å²) in [4.78, 5) is 24.8. The molecule has 0 saturated carbocycles. The second-order valence-electron chi connectivity index (χ2n) is 4.47. The Morgan fingerprint density at radius 3 is 2.26 bits per heavy atom. The van der Waals surface area contributed by atoms with Crippen LogP contribution in [-0.2, 0) is 23.8 Å². The molecule has 1 heterocycles. The summed E-state index contributed by atoms with van der Waals surface area (Å²) in [6.45, 7) is -0.481. The van der Waals surface area contributed by atoms with Crippen LogP contribution in [-0.4, -0.2) is 44.6 Å². The van der Waals surface area contributed by atoms with E-state index < -0.39 is 29.3 Å². The lowest BCUT2D eigenvalue weighted by Gasteiger charge is -2.31. The van der Waals surface area contributed by atoms with E-state index in [-0.39, 0.29) is 30.3 Å². The van der Waals surface area contributed by atoms with E-state index in [0.29, 0.717) is 0 Å². The summed E-state index contributed by atoms with van der Waals surface area (Å²) in [5, 5.41) is 9.15. The van der Waals surface area contributed by atoms with E-state index in [2.05, 4.69) is 9.47 Å². The molecule has 23 heavy (non-hydrogen) atoms. The third-order valence-corrected chi connectivity index (χ3v) is 3.15. The maximum Gasteiger partial charge on any atom is 0.355 e. The van der Waals surface area contributed by atoms with E-state index >= 15 is 0 Å². The van der Waals surface area contributed by atoms with Crippen LogP contribution in [0.2, 0.25) is 0 Å². The lowest BCUT2D eigenvalue weighted by molar-refractivity contribution is -0.140. The minimum Gasteiger partial charge on any atom is -0.503 e. The molecule has 0 unspecified atom stereocenters. The molecule has 1 N–H and O–H groups in total. The van der Waals surface area contributed by atoms with Gasteiger partial charge in [-0.1, -0.05) is 0 Å². The van der Waals surface area contributed by atoms with E-state index in [4.69, 9.17) is 9.84 Å². The maximum absolute atomic E-state index is 13.5. The number of hydrogen-bond donors (Lipinski definition) is 1. The molecular formula is C14H13F2NO6. The van der Waals surface area contributed by atoms with Gasteiger partial charge in [-0.3, -0.25) is 0 Å². The summed E-state index contributed by atoms with van der Waals surface area (Å²) in [5.41, 5.74) is -0.547. The molecule has 2 rings (SSSR count). The standard InChI is InChI=1S/C14H13F2NO6/c1-21-13(19)8-5-23-6-17(11(8)14(20)22-2)7-3-9(15)12(18)10(16)4-7/h3-4,18H,5-6H2,1-2H3. The van der Waals surface area contributed by atoms with Crippen molar-refractivity contribution in [3.05, 3.63) is 35.0 Å². The Labute approximate surface area is 129 Å². The Morgan fingerprint density at radius 2 is 1.74 bits per heavy atom. The molecule has 7 nitrogen and oxygen atoms in total. The van der Waals surface area contributed by atoms with E-state index in [0.717, 1.165) is 31.3 Å². The van der Waals surface area contributed by atoms with E-state index in [1.54, 1.807) is 0 Å². The molecule has 0 aromatic heterocycles. The second kappa shape index (κ2) is 6.61. The summed E-state index contributed by atoms with van der Waals surface area (Å²) in [6.07, 6.45) is 0. The average Bonchev–Trinajstić information content (AvgIpc) is 2.57. The number of halogens is 2. The minimum atomic E-state index is -1.23. The lowest BCUT2D eigenvalue weighted by Crippen LogP contribution is -2.38.